The van der Waals surface area contributed by atoms with Crippen LogP contribution in [0.2, 0.25) is 0 Å². The number of hydrogen-bond donors (Lipinski definition) is 4. The summed E-state index contributed by atoms with van der Waals surface area (Å²) in [6.07, 6.45) is 1.62. The van der Waals surface area contributed by atoms with E-state index in [-0.39, 0.29) is 5.75 Å². The smallest absolute Gasteiger partial charge is 0.234 e. The third kappa shape index (κ3) is 4.53. The van der Waals surface area contributed by atoms with Gasteiger partial charge in [-0.1, -0.05) is 0 Å². The fraction of sp³-hybridized carbons (Fsp3) is 0.0556. The van der Waals surface area contributed by atoms with E-state index in [4.69, 9.17) is 4.42 Å². The van der Waals surface area contributed by atoms with E-state index in [1.54, 1.807) is 41.9 Å². The molecule has 136 valence electrons. The number of nitrogens with zero attached hydrogens (tertiary/aromatic N) is 3. The van der Waals surface area contributed by atoms with Gasteiger partial charge in [0.25, 0.3) is 0 Å². The Morgan fingerprint density at radius 2 is 1.67 bits per heavy atom. The van der Waals surface area contributed by atoms with Crippen LogP contribution in [-0.4, -0.2) is 20.1 Å². The van der Waals surface area contributed by atoms with E-state index in [0.29, 0.717) is 24.4 Å². The number of thiophene rings is 1. The standard InChI is InChI=1S/C18H16N6O2S/c25-13-7-5-12(6-8-13)20-17-22-16(19-11-14-3-1-9-26-14)23-18(24-17)21-15-4-2-10-27-15/h1-10,25H,11H2,(H3,19,20,21,22,23,24). The molecule has 27 heavy (non-hydrogen) atoms. The quantitative estimate of drug-likeness (QED) is 0.351. The minimum atomic E-state index is 0.192. The highest BCUT2D eigenvalue weighted by Crippen LogP contribution is 2.22. The molecule has 4 N–H and O–H groups in total. The SMILES string of the molecule is Oc1ccc(Nc2nc(NCc3ccco3)nc(Nc3cccs3)n2)cc1. The maximum atomic E-state index is 9.42. The summed E-state index contributed by atoms with van der Waals surface area (Å²) < 4.78 is 5.32. The van der Waals surface area contributed by atoms with Gasteiger partial charge in [-0.25, -0.2) is 0 Å². The molecule has 0 unspecified atom stereocenters. The first-order valence-electron chi connectivity index (χ1n) is 8.13. The van der Waals surface area contributed by atoms with Crippen molar-refractivity contribution in [2.75, 3.05) is 16.0 Å². The summed E-state index contributed by atoms with van der Waals surface area (Å²) in [6, 6.07) is 14.2. The molecule has 0 spiro atoms. The van der Waals surface area contributed by atoms with Crippen molar-refractivity contribution in [3.63, 3.8) is 0 Å². The second-order valence-electron chi connectivity index (χ2n) is 5.51. The van der Waals surface area contributed by atoms with Crippen LogP contribution < -0.4 is 16.0 Å². The van der Waals surface area contributed by atoms with Gasteiger partial charge < -0.3 is 25.5 Å². The molecule has 0 aliphatic carbocycles. The summed E-state index contributed by atoms with van der Waals surface area (Å²) in [4.78, 5) is 13.2. The predicted molar refractivity (Wildman–Crippen MR) is 105 cm³/mol. The van der Waals surface area contributed by atoms with Gasteiger partial charge in [0.2, 0.25) is 17.8 Å². The highest BCUT2D eigenvalue weighted by molar-refractivity contribution is 7.14. The summed E-state index contributed by atoms with van der Waals surface area (Å²) in [5.74, 6) is 2.15. The molecule has 0 aliphatic heterocycles. The minimum absolute atomic E-state index is 0.192. The number of aromatic nitrogens is 3. The van der Waals surface area contributed by atoms with E-state index < -0.39 is 0 Å². The van der Waals surface area contributed by atoms with Crippen LogP contribution >= 0.6 is 11.3 Å². The summed E-state index contributed by atoms with van der Waals surface area (Å²) in [5.41, 5.74) is 0.748. The Hall–Kier alpha value is -3.59. The number of phenols is 1. The average Bonchev–Trinajstić information content (AvgIpc) is 3.36. The van der Waals surface area contributed by atoms with Crippen LogP contribution in [0.1, 0.15) is 5.76 Å². The topological polar surface area (TPSA) is 108 Å². The van der Waals surface area contributed by atoms with Gasteiger partial charge in [-0.3, -0.25) is 0 Å². The molecule has 0 aliphatic rings. The van der Waals surface area contributed by atoms with E-state index in [9.17, 15) is 5.11 Å². The number of rotatable bonds is 7. The van der Waals surface area contributed by atoms with Crippen LogP contribution in [0.5, 0.6) is 5.75 Å². The molecule has 0 bridgehead atoms. The zero-order valence-corrected chi connectivity index (χ0v) is 14.9. The Morgan fingerprint density at radius 1 is 0.889 bits per heavy atom. The molecule has 1 aromatic carbocycles. The number of furan rings is 1. The summed E-state index contributed by atoms with van der Waals surface area (Å²) in [7, 11) is 0. The Bertz CT molecular complexity index is 987. The van der Waals surface area contributed by atoms with Crippen molar-refractivity contribution in [1.29, 1.82) is 0 Å². The predicted octanol–water partition coefficient (Wildman–Crippen LogP) is 4.33. The summed E-state index contributed by atoms with van der Waals surface area (Å²) in [5, 5.41) is 21.7. The van der Waals surface area contributed by atoms with Crippen molar-refractivity contribution in [1.82, 2.24) is 15.0 Å². The van der Waals surface area contributed by atoms with Crippen LogP contribution in [0.25, 0.3) is 0 Å². The molecule has 0 saturated heterocycles. The molecule has 0 saturated carbocycles. The molecule has 0 amide bonds. The molecular formula is C18H16N6O2S. The molecule has 4 rings (SSSR count). The Morgan fingerprint density at radius 3 is 2.37 bits per heavy atom. The zero-order chi connectivity index (χ0) is 18.5. The maximum absolute atomic E-state index is 9.42. The largest absolute Gasteiger partial charge is 0.508 e. The zero-order valence-electron chi connectivity index (χ0n) is 14.1. The van der Waals surface area contributed by atoms with Crippen molar-refractivity contribution in [2.45, 2.75) is 6.54 Å². The van der Waals surface area contributed by atoms with Crippen LogP contribution in [0.3, 0.4) is 0 Å². The highest BCUT2D eigenvalue weighted by Gasteiger charge is 2.09. The van der Waals surface area contributed by atoms with E-state index in [0.717, 1.165) is 16.4 Å². The fourth-order valence-electron chi connectivity index (χ4n) is 2.28. The van der Waals surface area contributed by atoms with Crippen molar-refractivity contribution in [3.8, 4) is 5.75 Å². The molecule has 0 radical (unpaired) electrons. The van der Waals surface area contributed by atoms with E-state index in [1.165, 1.54) is 0 Å². The third-order valence-electron chi connectivity index (χ3n) is 3.52. The number of nitrogens with one attached hydrogen (secondary N) is 3. The fourth-order valence-corrected chi connectivity index (χ4v) is 2.89. The van der Waals surface area contributed by atoms with Gasteiger partial charge in [0.05, 0.1) is 17.8 Å². The van der Waals surface area contributed by atoms with Crippen LogP contribution in [0.15, 0.2) is 64.6 Å². The van der Waals surface area contributed by atoms with Crippen LogP contribution in [0, 0.1) is 0 Å². The van der Waals surface area contributed by atoms with Gasteiger partial charge in [0.15, 0.2) is 0 Å². The van der Waals surface area contributed by atoms with Crippen LogP contribution in [-0.2, 0) is 6.54 Å². The normalized spacial score (nSPS) is 10.5. The lowest BCUT2D eigenvalue weighted by Crippen LogP contribution is -2.09. The number of anilines is 5. The lowest BCUT2D eigenvalue weighted by Gasteiger charge is -2.10. The van der Waals surface area contributed by atoms with Crippen LogP contribution in [0.4, 0.5) is 28.5 Å². The number of phenolic OH excluding ortho intramolecular Hbond substituents is 1. The molecule has 8 nitrogen and oxygen atoms in total. The van der Waals surface area contributed by atoms with Gasteiger partial charge >= 0.3 is 0 Å². The second kappa shape index (κ2) is 7.75. The van der Waals surface area contributed by atoms with Crippen molar-refractivity contribution in [3.05, 3.63) is 65.9 Å². The highest BCUT2D eigenvalue weighted by atomic mass is 32.1. The van der Waals surface area contributed by atoms with Gasteiger partial charge in [0, 0.05) is 5.69 Å². The first-order valence-corrected chi connectivity index (χ1v) is 9.01. The minimum Gasteiger partial charge on any atom is -0.508 e. The van der Waals surface area contributed by atoms with Crippen molar-refractivity contribution < 1.29 is 9.52 Å². The maximum Gasteiger partial charge on any atom is 0.234 e. The lowest BCUT2D eigenvalue weighted by molar-refractivity contribution is 0.475. The number of aromatic hydroxyl groups is 1. The second-order valence-corrected chi connectivity index (χ2v) is 6.46. The molecule has 0 fully saturated rings. The van der Waals surface area contributed by atoms with Gasteiger partial charge in [0.1, 0.15) is 11.5 Å². The van der Waals surface area contributed by atoms with Crippen molar-refractivity contribution >= 4 is 39.9 Å². The lowest BCUT2D eigenvalue weighted by atomic mass is 10.3. The Labute approximate surface area is 159 Å². The molecule has 3 heterocycles. The summed E-state index contributed by atoms with van der Waals surface area (Å²) in [6.45, 7) is 0.452. The Balaban J connectivity index is 1.57. The van der Waals surface area contributed by atoms with Gasteiger partial charge in [-0.05, 0) is 53.9 Å². The molecule has 3 aromatic heterocycles. The average molecular weight is 380 g/mol. The van der Waals surface area contributed by atoms with Crippen molar-refractivity contribution in [2.24, 2.45) is 0 Å². The molecule has 0 atom stereocenters. The van der Waals surface area contributed by atoms with Gasteiger partial charge in [-0.2, -0.15) is 15.0 Å². The monoisotopic (exact) mass is 380 g/mol. The number of benzene rings is 1. The molecular weight excluding hydrogens is 364 g/mol. The van der Waals surface area contributed by atoms with Gasteiger partial charge in [-0.15, -0.1) is 11.3 Å². The third-order valence-corrected chi connectivity index (χ3v) is 4.30. The first kappa shape index (κ1) is 16.9. The molecule has 9 heteroatoms. The number of hydrogen-bond acceptors (Lipinski definition) is 9. The van der Waals surface area contributed by atoms with E-state index >= 15 is 0 Å². The first-order chi connectivity index (χ1) is 13.2. The molecule has 4 aromatic rings. The van der Waals surface area contributed by atoms with E-state index in [2.05, 4.69) is 30.9 Å². The summed E-state index contributed by atoms with van der Waals surface area (Å²) >= 11 is 1.55. The van der Waals surface area contributed by atoms with E-state index in [1.807, 2.05) is 29.6 Å². The Kier molecular flexibility index (Phi) is 4.84.